The molecule has 1 N–H and O–H groups in total. The summed E-state index contributed by atoms with van der Waals surface area (Å²) in [6.07, 6.45) is 0.563. The van der Waals surface area contributed by atoms with Crippen molar-refractivity contribution in [3.05, 3.63) is 35.6 Å². The second kappa shape index (κ2) is 9.28. The summed E-state index contributed by atoms with van der Waals surface area (Å²) in [5, 5.41) is 2.65. The number of rotatable bonds is 7. The van der Waals surface area contributed by atoms with E-state index in [0.29, 0.717) is 37.9 Å². The Balaban J connectivity index is 2.50. The Morgan fingerprint density at radius 1 is 1.04 bits per heavy atom. The van der Waals surface area contributed by atoms with Gasteiger partial charge in [-0.15, -0.1) is 0 Å². The lowest BCUT2D eigenvalue weighted by Crippen LogP contribution is -2.46. The van der Waals surface area contributed by atoms with Crippen LogP contribution in [0.1, 0.15) is 33.3 Å². The highest BCUT2D eigenvalue weighted by Gasteiger charge is 2.22. The fourth-order valence-electron chi connectivity index (χ4n) is 2.31. The molecule has 0 bridgehead atoms. The lowest BCUT2D eigenvalue weighted by molar-refractivity contribution is -0.146. The van der Waals surface area contributed by atoms with Gasteiger partial charge in [-0.1, -0.05) is 39.8 Å². The minimum Gasteiger partial charge on any atom is -0.347 e. The highest BCUT2D eigenvalue weighted by atomic mass is 19.1. The molecule has 2 amide bonds. The number of benzene rings is 1. The third-order valence-electron chi connectivity index (χ3n) is 3.27. The Hall–Kier alpha value is -1.91. The summed E-state index contributed by atoms with van der Waals surface area (Å²) in [6.45, 7) is 9.58. The van der Waals surface area contributed by atoms with E-state index < -0.39 is 11.8 Å². The van der Waals surface area contributed by atoms with Gasteiger partial charge in [0.2, 0.25) is 0 Å². The van der Waals surface area contributed by atoms with Crippen LogP contribution in [0.5, 0.6) is 0 Å². The fourth-order valence-corrected chi connectivity index (χ4v) is 2.31. The molecule has 0 saturated heterocycles. The van der Waals surface area contributed by atoms with Gasteiger partial charge in [-0.3, -0.25) is 9.59 Å². The number of carbonyl (C=O) groups excluding carboxylic acids is 2. The van der Waals surface area contributed by atoms with E-state index in [1.807, 2.05) is 27.7 Å². The quantitative estimate of drug-likeness (QED) is 0.785. The number of hydrogen-bond acceptors (Lipinski definition) is 2. The zero-order valence-electron chi connectivity index (χ0n) is 14.4. The van der Waals surface area contributed by atoms with E-state index >= 15 is 0 Å². The van der Waals surface area contributed by atoms with Crippen molar-refractivity contribution in [1.82, 2.24) is 10.2 Å². The lowest BCUT2D eigenvalue weighted by atomic mass is 10.1. The molecule has 0 aromatic heterocycles. The Kier molecular flexibility index (Phi) is 7.72. The highest BCUT2D eigenvalue weighted by Crippen LogP contribution is 2.05. The molecule has 0 unspecified atom stereocenters. The summed E-state index contributed by atoms with van der Waals surface area (Å²) in [5.74, 6) is -0.722. The van der Waals surface area contributed by atoms with Crippen molar-refractivity contribution in [2.45, 2.75) is 34.1 Å². The van der Waals surface area contributed by atoms with Crippen molar-refractivity contribution in [1.29, 1.82) is 0 Å². The molecular formula is C18H27FN2O2. The van der Waals surface area contributed by atoms with Crippen molar-refractivity contribution in [2.75, 3.05) is 19.6 Å². The normalized spacial score (nSPS) is 10.9. The Morgan fingerprint density at radius 3 is 2.04 bits per heavy atom. The third-order valence-corrected chi connectivity index (χ3v) is 3.27. The van der Waals surface area contributed by atoms with Gasteiger partial charge in [0.1, 0.15) is 5.82 Å². The SMILES string of the molecule is CC(C)CN(CC(C)C)C(=O)C(=O)NCCc1ccc(F)cc1. The second-order valence-electron chi connectivity index (χ2n) is 6.63. The van der Waals surface area contributed by atoms with Crippen molar-refractivity contribution in [3.63, 3.8) is 0 Å². The van der Waals surface area contributed by atoms with E-state index in [4.69, 9.17) is 0 Å². The van der Waals surface area contributed by atoms with Gasteiger partial charge in [-0.2, -0.15) is 0 Å². The molecular weight excluding hydrogens is 295 g/mol. The molecule has 23 heavy (non-hydrogen) atoms. The topological polar surface area (TPSA) is 49.4 Å². The number of nitrogens with zero attached hydrogens (tertiary/aromatic N) is 1. The molecule has 0 aliphatic heterocycles. The molecule has 1 aromatic carbocycles. The lowest BCUT2D eigenvalue weighted by Gasteiger charge is -2.25. The maximum Gasteiger partial charge on any atom is 0.311 e. The average molecular weight is 322 g/mol. The van der Waals surface area contributed by atoms with Crippen LogP contribution in [-0.4, -0.2) is 36.3 Å². The smallest absolute Gasteiger partial charge is 0.311 e. The zero-order chi connectivity index (χ0) is 17.4. The molecule has 4 nitrogen and oxygen atoms in total. The predicted octanol–water partition coefficient (Wildman–Crippen LogP) is 2.63. The maximum absolute atomic E-state index is 12.8. The predicted molar refractivity (Wildman–Crippen MR) is 89.4 cm³/mol. The first-order valence-electron chi connectivity index (χ1n) is 8.11. The van der Waals surface area contributed by atoms with Crippen LogP contribution in [0.15, 0.2) is 24.3 Å². The molecule has 0 atom stereocenters. The first-order chi connectivity index (χ1) is 10.8. The van der Waals surface area contributed by atoms with Gasteiger partial charge in [-0.25, -0.2) is 4.39 Å². The third kappa shape index (κ3) is 7.26. The maximum atomic E-state index is 12.8. The molecule has 0 spiro atoms. The summed E-state index contributed by atoms with van der Waals surface area (Å²) in [6, 6.07) is 6.12. The largest absolute Gasteiger partial charge is 0.347 e. The number of carbonyl (C=O) groups is 2. The van der Waals surface area contributed by atoms with Crippen molar-refractivity contribution in [2.24, 2.45) is 11.8 Å². The summed E-state index contributed by atoms with van der Waals surface area (Å²) >= 11 is 0. The first-order valence-corrected chi connectivity index (χ1v) is 8.11. The molecule has 0 aliphatic rings. The van der Waals surface area contributed by atoms with Crippen LogP contribution in [0.3, 0.4) is 0 Å². The minimum atomic E-state index is -0.576. The van der Waals surface area contributed by atoms with Gasteiger partial charge in [0.05, 0.1) is 0 Å². The molecule has 5 heteroatoms. The summed E-state index contributed by atoms with van der Waals surface area (Å²) in [5.41, 5.74) is 0.917. The molecule has 1 rings (SSSR count). The minimum absolute atomic E-state index is 0.286. The van der Waals surface area contributed by atoms with Crippen LogP contribution in [0.4, 0.5) is 4.39 Å². The fraction of sp³-hybridized carbons (Fsp3) is 0.556. The molecule has 0 aliphatic carbocycles. The zero-order valence-corrected chi connectivity index (χ0v) is 14.4. The van der Waals surface area contributed by atoms with Crippen LogP contribution >= 0.6 is 0 Å². The van der Waals surface area contributed by atoms with Gasteiger partial charge in [0.15, 0.2) is 0 Å². The summed E-state index contributed by atoms with van der Waals surface area (Å²) < 4.78 is 12.8. The van der Waals surface area contributed by atoms with Crippen molar-refractivity contribution in [3.8, 4) is 0 Å². The van der Waals surface area contributed by atoms with Crippen LogP contribution in [0.2, 0.25) is 0 Å². The van der Waals surface area contributed by atoms with E-state index in [1.165, 1.54) is 12.1 Å². The van der Waals surface area contributed by atoms with Crippen LogP contribution in [0, 0.1) is 17.7 Å². The molecule has 128 valence electrons. The van der Waals surface area contributed by atoms with E-state index in [-0.39, 0.29) is 5.82 Å². The van der Waals surface area contributed by atoms with E-state index in [9.17, 15) is 14.0 Å². The monoisotopic (exact) mass is 322 g/mol. The molecule has 0 radical (unpaired) electrons. The number of halogens is 1. The molecule has 0 saturated carbocycles. The summed E-state index contributed by atoms with van der Waals surface area (Å²) in [7, 11) is 0. The van der Waals surface area contributed by atoms with E-state index in [1.54, 1.807) is 17.0 Å². The van der Waals surface area contributed by atoms with Crippen molar-refractivity contribution < 1.29 is 14.0 Å². The highest BCUT2D eigenvalue weighted by molar-refractivity contribution is 6.35. The Labute approximate surface area is 138 Å². The Bertz CT molecular complexity index is 502. The van der Waals surface area contributed by atoms with Gasteiger partial charge in [0.25, 0.3) is 0 Å². The standard InChI is InChI=1S/C18H27FN2O2/c1-13(2)11-21(12-14(3)4)18(23)17(22)20-10-9-15-5-7-16(19)8-6-15/h5-8,13-14H,9-12H2,1-4H3,(H,20,22). The molecule has 0 fully saturated rings. The average Bonchev–Trinajstić information content (AvgIpc) is 2.46. The van der Waals surface area contributed by atoms with Crippen LogP contribution < -0.4 is 5.32 Å². The van der Waals surface area contributed by atoms with E-state index in [2.05, 4.69) is 5.32 Å². The van der Waals surface area contributed by atoms with Gasteiger partial charge >= 0.3 is 11.8 Å². The second-order valence-corrected chi connectivity index (χ2v) is 6.63. The van der Waals surface area contributed by atoms with Gasteiger partial charge in [-0.05, 0) is 36.0 Å². The summed E-state index contributed by atoms with van der Waals surface area (Å²) in [4.78, 5) is 25.9. The molecule has 0 heterocycles. The van der Waals surface area contributed by atoms with E-state index in [0.717, 1.165) is 5.56 Å². The van der Waals surface area contributed by atoms with Crippen LogP contribution in [0.25, 0.3) is 0 Å². The van der Waals surface area contributed by atoms with Crippen molar-refractivity contribution >= 4 is 11.8 Å². The van der Waals surface area contributed by atoms with Gasteiger partial charge < -0.3 is 10.2 Å². The number of amides is 2. The van der Waals surface area contributed by atoms with Crippen LogP contribution in [-0.2, 0) is 16.0 Å². The van der Waals surface area contributed by atoms with Gasteiger partial charge in [0, 0.05) is 19.6 Å². The first kappa shape index (κ1) is 19.1. The molecule has 1 aromatic rings. The Morgan fingerprint density at radius 2 is 1.57 bits per heavy atom. The number of nitrogens with one attached hydrogen (secondary N) is 1. The number of hydrogen-bond donors (Lipinski definition) is 1.